The largest absolute Gasteiger partial charge is 0.276 e. The minimum atomic E-state index is -0.0767. The van der Waals surface area contributed by atoms with Crippen LogP contribution in [0.4, 0.5) is 0 Å². The average Bonchev–Trinajstić information content (AvgIpc) is 3.11. The molecule has 3 nitrogen and oxygen atoms in total. The molecule has 0 aromatic carbocycles. The second-order valence-corrected chi connectivity index (χ2v) is 9.15. The van der Waals surface area contributed by atoms with E-state index in [2.05, 4.69) is 12.2 Å². The zero-order chi connectivity index (χ0) is 14.6. The van der Waals surface area contributed by atoms with Crippen molar-refractivity contribution in [3.05, 3.63) is 12.2 Å². The Morgan fingerprint density at radius 2 is 1.23 bits per heavy atom. The van der Waals surface area contributed by atoms with Gasteiger partial charge in [-0.3, -0.25) is 14.5 Å². The number of carbonyl (C=O) groups is 2. The first-order valence-corrected chi connectivity index (χ1v) is 9.21. The van der Waals surface area contributed by atoms with E-state index in [1.165, 1.54) is 19.3 Å². The van der Waals surface area contributed by atoms with Crippen LogP contribution in [0.5, 0.6) is 0 Å². The van der Waals surface area contributed by atoms with E-state index >= 15 is 0 Å². The van der Waals surface area contributed by atoms with Gasteiger partial charge in [-0.15, -0.1) is 0 Å². The number of allylic oxidation sites excluding steroid dienone is 2. The predicted molar refractivity (Wildman–Crippen MR) is 80.5 cm³/mol. The first kappa shape index (κ1) is 12.3. The Balaban J connectivity index is 1.41. The van der Waals surface area contributed by atoms with Gasteiger partial charge in [0, 0.05) is 0 Å². The average molecular weight is 297 g/mol. The lowest BCUT2D eigenvalue weighted by Crippen LogP contribution is -2.62. The predicted octanol–water partition coefficient (Wildman–Crippen LogP) is 2.76. The van der Waals surface area contributed by atoms with Crippen LogP contribution in [0, 0.1) is 41.4 Å². The third kappa shape index (κ3) is 1.27. The van der Waals surface area contributed by atoms with Gasteiger partial charge in [0.2, 0.25) is 11.8 Å². The van der Waals surface area contributed by atoms with Gasteiger partial charge >= 0.3 is 0 Å². The van der Waals surface area contributed by atoms with Crippen LogP contribution in [0.2, 0.25) is 0 Å². The molecular weight excluding hydrogens is 274 g/mol. The number of carbonyl (C=O) groups excluding carboxylic acids is 2. The van der Waals surface area contributed by atoms with E-state index in [0.29, 0.717) is 11.8 Å². The molecule has 0 spiro atoms. The molecule has 1 unspecified atom stereocenters. The normalized spacial score (nSPS) is 57.3. The Kier molecular flexibility index (Phi) is 2.06. The third-order valence-corrected chi connectivity index (χ3v) is 7.95. The van der Waals surface area contributed by atoms with Crippen LogP contribution < -0.4 is 0 Å². The van der Waals surface area contributed by atoms with E-state index in [9.17, 15) is 9.59 Å². The van der Waals surface area contributed by atoms with E-state index < -0.39 is 0 Å². The van der Waals surface area contributed by atoms with Crippen LogP contribution in [-0.4, -0.2) is 22.3 Å². The van der Waals surface area contributed by atoms with Crippen molar-refractivity contribution < 1.29 is 9.59 Å². The van der Waals surface area contributed by atoms with Gasteiger partial charge in [0.1, 0.15) is 0 Å². The molecule has 5 saturated carbocycles. The highest BCUT2D eigenvalue weighted by Crippen LogP contribution is 2.61. The number of likely N-dealkylation sites (tertiary alicyclic amines) is 1. The fraction of sp³-hybridized carbons (Fsp3) is 0.789. The number of fused-ring (bicyclic) bond motifs is 5. The van der Waals surface area contributed by atoms with E-state index in [0.717, 1.165) is 43.4 Å². The lowest BCUT2D eigenvalue weighted by Gasteiger charge is -2.59. The zero-order valence-corrected chi connectivity index (χ0v) is 12.9. The topological polar surface area (TPSA) is 37.4 Å². The van der Waals surface area contributed by atoms with Crippen molar-refractivity contribution in [3.63, 3.8) is 0 Å². The number of hydrogen-bond donors (Lipinski definition) is 0. The van der Waals surface area contributed by atoms with Crippen LogP contribution in [0.1, 0.15) is 44.9 Å². The molecular formula is C19H23NO2. The first-order chi connectivity index (χ1) is 10.6. The summed E-state index contributed by atoms with van der Waals surface area (Å²) in [5.74, 6) is 3.44. The molecule has 0 radical (unpaired) electrons. The summed E-state index contributed by atoms with van der Waals surface area (Å²) < 4.78 is 0. The van der Waals surface area contributed by atoms with Crippen LogP contribution in [0.15, 0.2) is 12.2 Å². The smallest absolute Gasteiger partial charge is 0.234 e. The molecule has 7 aliphatic rings. The Morgan fingerprint density at radius 1 is 0.773 bits per heavy atom. The molecule has 22 heavy (non-hydrogen) atoms. The van der Waals surface area contributed by atoms with Gasteiger partial charge in [-0.2, -0.15) is 0 Å². The van der Waals surface area contributed by atoms with Crippen molar-refractivity contribution in [2.45, 2.75) is 50.5 Å². The van der Waals surface area contributed by atoms with Gasteiger partial charge in [0.25, 0.3) is 0 Å². The molecule has 6 fully saturated rings. The third-order valence-electron chi connectivity index (χ3n) is 7.95. The highest BCUT2D eigenvalue weighted by Gasteiger charge is 2.65. The summed E-state index contributed by atoms with van der Waals surface area (Å²) in [4.78, 5) is 28.2. The molecule has 6 aliphatic carbocycles. The Bertz CT molecular complexity index is 556. The van der Waals surface area contributed by atoms with Crippen LogP contribution in [0.25, 0.3) is 0 Å². The Hall–Kier alpha value is -1.12. The van der Waals surface area contributed by atoms with Gasteiger partial charge in [-0.25, -0.2) is 0 Å². The molecule has 4 atom stereocenters. The summed E-state index contributed by atoms with van der Waals surface area (Å²) >= 11 is 0. The maximum atomic E-state index is 13.2. The summed E-state index contributed by atoms with van der Waals surface area (Å²) in [5.41, 5.74) is -0.0767. The molecule has 7 rings (SSSR count). The number of amides is 2. The van der Waals surface area contributed by atoms with Crippen molar-refractivity contribution in [1.82, 2.24) is 4.90 Å². The van der Waals surface area contributed by atoms with E-state index in [-0.39, 0.29) is 29.2 Å². The summed E-state index contributed by atoms with van der Waals surface area (Å²) in [7, 11) is 0. The van der Waals surface area contributed by atoms with E-state index in [1.807, 2.05) is 4.90 Å². The summed E-state index contributed by atoms with van der Waals surface area (Å²) in [6.07, 6.45) is 12.9. The van der Waals surface area contributed by atoms with Crippen LogP contribution >= 0.6 is 0 Å². The van der Waals surface area contributed by atoms with E-state index in [4.69, 9.17) is 0 Å². The molecule has 2 amide bonds. The van der Waals surface area contributed by atoms with Gasteiger partial charge in [0.15, 0.2) is 0 Å². The highest BCUT2D eigenvalue weighted by atomic mass is 16.2. The second kappa shape index (κ2) is 3.68. The van der Waals surface area contributed by atoms with E-state index in [1.54, 1.807) is 0 Å². The zero-order valence-electron chi connectivity index (χ0n) is 12.9. The SMILES string of the molecule is O=C1[C@@H]2[C@H]3C=CC(C3)[C@@H]2C(=O)N1C12CC3CC(CC(C3)C1)C2. The molecule has 1 aliphatic heterocycles. The molecule has 0 aromatic heterocycles. The van der Waals surface area contributed by atoms with Gasteiger partial charge in [-0.05, 0) is 74.5 Å². The molecule has 116 valence electrons. The number of hydrogen-bond acceptors (Lipinski definition) is 2. The highest BCUT2D eigenvalue weighted by molar-refractivity contribution is 6.07. The summed E-state index contributed by atoms with van der Waals surface area (Å²) in [6.45, 7) is 0. The fourth-order valence-electron chi connectivity index (χ4n) is 7.71. The lowest BCUT2D eigenvalue weighted by atomic mass is 9.52. The molecule has 0 N–H and O–H groups in total. The fourth-order valence-corrected chi connectivity index (χ4v) is 7.71. The molecule has 3 heteroatoms. The van der Waals surface area contributed by atoms with Crippen LogP contribution in [0.3, 0.4) is 0 Å². The van der Waals surface area contributed by atoms with Crippen LogP contribution in [-0.2, 0) is 9.59 Å². The summed E-state index contributed by atoms with van der Waals surface area (Å²) in [5, 5.41) is 0. The van der Waals surface area contributed by atoms with Crippen molar-refractivity contribution in [1.29, 1.82) is 0 Å². The molecule has 0 aromatic rings. The number of nitrogens with zero attached hydrogens (tertiary/aromatic N) is 1. The quantitative estimate of drug-likeness (QED) is 0.551. The minimum Gasteiger partial charge on any atom is -0.276 e. The minimum absolute atomic E-state index is 0.00416. The van der Waals surface area contributed by atoms with Crippen molar-refractivity contribution in [3.8, 4) is 0 Å². The van der Waals surface area contributed by atoms with Gasteiger partial charge in [-0.1, -0.05) is 12.2 Å². The maximum absolute atomic E-state index is 13.2. The molecule has 1 heterocycles. The molecule has 6 bridgehead atoms. The van der Waals surface area contributed by atoms with Gasteiger partial charge < -0.3 is 0 Å². The number of rotatable bonds is 1. The second-order valence-electron chi connectivity index (χ2n) is 9.15. The van der Waals surface area contributed by atoms with Gasteiger partial charge in [0.05, 0.1) is 17.4 Å². The first-order valence-electron chi connectivity index (χ1n) is 9.21. The van der Waals surface area contributed by atoms with Crippen molar-refractivity contribution >= 4 is 11.8 Å². The lowest BCUT2D eigenvalue weighted by molar-refractivity contribution is -0.160. The Morgan fingerprint density at radius 3 is 1.68 bits per heavy atom. The molecule has 1 saturated heterocycles. The maximum Gasteiger partial charge on any atom is 0.234 e. The summed E-state index contributed by atoms with van der Waals surface area (Å²) in [6, 6.07) is 0. The van der Waals surface area contributed by atoms with Crippen molar-refractivity contribution in [2.75, 3.05) is 0 Å². The standard InChI is InChI=1S/C19H23NO2/c21-17-15-13-1-2-14(6-13)16(15)18(22)20(17)19-7-10-3-11(8-19)5-12(4-10)9-19/h1-2,10-16H,3-9H2/t10?,11?,12?,13-,14?,15+,16-,19?/m0/s1. The number of imide groups is 1. The monoisotopic (exact) mass is 297 g/mol. The van der Waals surface area contributed by atoms with Crippen molar-refractivity contribution in [2.24, 2.45) is 41.4 Å². The Labute approximate surface area is 131 Å².